The van der Waals surface area contributed by atoms with Gasteiger partial charge in [0.2, 0.25) is 0 Å². The number of aryl methyl sites for hydroxylation is 2. The monoisotopic (exact) mass is 601 g/mol. The molecule has 1 unspecified atom stereocenters. The Morgan fingerprint density at radius 2 is 1.66 bits per heavy atom. The number of nitrogens with two attached hydrogens (primary N) is 1. The molecular weight excluding hydrogens is 558 g/mol. The first-order valence-corrected chi connectivity index (χ1v) is 15.6. The Labute approximate surface area is 258 Å². The Kier molecular flexibility index (Phi) is 11.3. The van der Waals surface area contributed by atoms with Crippen molar-refractivity contribution in [3.63, 3.8) is 0 Å². The second-order valence-corrected chi connectivity index (χ2v) is 11.5. The topological polar surface area (TPSA) is 136 Å². The minimum atomic E-state index is -0.531. The van der Waals surface area contributed by atoms with Gasteiger partial charge in [0.05, 0.1) is 5.56 Å². The van der Waals surface area contributed by atoms with Gasteiger partial charge in [0.25, 0.3) is 17.7 Å². The maximum absolute atomic E-state index is 13.0. The Bertz CT molecular complexity index is 1510. The van der Waals surface area contributed by atoms with Crippen LogP contribution >= 0.6 is 0 Å². The number of carbonyl (C=O) groups excluding carboxylic acids is 4. The molecule has 1 aliphatic rings. The number of carbonyl (C=O) groups is 4. The molecule has 4 rings (SSSR count). The van der Waals surface area contributed by atoms with E-state index in [1.807, 2.05) is 54.8 Å². The van der Waals surface area contributed by atoms with Crippen LogP contribution in [-0.2, 0) is 19.2 Å². The summed E-state index contributed by atoms with van der Waals surface area (Å²) in [6.45, 7) is 6.07. The lowest BCUT2D eigenvalue weighted by Gasteiger charge is -2.13. The zero-order valence-electron chi connectivity index (χ0n) is 25.9. The minimum absolute atomic E-state index is 0.104. The largest absolute Gasteiger partial charge is 0.398 e. The number of nitrogens with one attached hydrogen (secondary N) is 1. The van der Waals surface area contributed by atoms with Gasteiger partial charge in [-0.2, -0.15) is 0 Å². The predicted octanol–water partition coefficient (Wildman–Crippen LogP) is 6.26. The van der Waals surface area contributed by atoms with E-state index in [1.165, 1.54) is 0 Å². The third-order valence-electron chi connectivity index (χ3n) is 8.00. The standard InChI is InChI=1S/C34H43N5O5/c1-4-25(11-9-7-5-6-8-10-12-32(42)44-39-30(40)17-18-31(39)41)22-29(35)26-13-15-27(16-14-26)37-34(43)28-19-20-38-24(3)21-23(2)36-33(28)38/h13-16,19-22,25H,4-12,17-18,35H2,1-3H3,(H,37,43)/b29-22-. The van der Waals surface area contributed by atoms with Crippen molar-refractivity contribution in [2.45, 2.75) is 91.4 Å². The molecule has 10 nitrogen and oxygen atoms in total. The van der Waals surface area contributed by atoms with Gasteiger partial charge < -0.3 is 20.3 Å². The minimum Gasteiger partial charge on any atom is -0.398 e. The third-order valence-corrected chi connectivity index (χ3v) is 8.00. The van der Waals surface area contributed by atoms with Crippen LogP contribution in [0, 0.1) is 19.8 Å². The van der Waals surface area contributed by atoms with E-state index in [2.05, 4.69) is 23.3 Å². The highest BCUT2D eigenvalue weighted by Gasteiger charge is 2.32. The van der Waals surface area contributed by atoms with Gasteiger partial charge in [-0.1, -0.05) is 57.2 Å². The van der Waals surface area contributed by atoms with E-state index < -0.39 is 17.8 Å². The van der Waals surface area contributed by atoms with Crippen LogP contribution in [0.5, 0.6) is 0 Å². The zero-order valence-corrected chi connectivity index (χ0v) is 25.9. The van der Waals surface area contributed by atoms with E-state index >= 15 is 0 Å². The van der Waals surface area contributed by atoms with Crippen molar-refractivity contribution in [1.29, 1.82) is 0 Å². The molecule has 1 aromatic carbocycles. The van der Waals surface area contributed by atoms with Crippen LogP contribution in [0.1, 0.15) is 105 Å². The summed E-state index contributed by atoms with van der Waals surface area (Å²) in [6.07, 6.45) is 12.3. The van der Waals surface area contributed by atoms with Crippen molar-refractivity contribution < 1.29 is 24.0 Å². The van der Waals surface area contributed by atoms with Gasteiger partial charge in [0, 0.05) is 48.2 Å². The summed E-state index contributed by atoms with van der Waals surface area (Å²) in [5.41, 5.74) is 11.8. The van der Waals surface area contributed by atoms with Crippen LogP contribution < -0.4 is 11.1 Å². The maximum Gasteiger partial charge on any atom is 0.333 e. The zero-order chi connectivity index (χ0) is 31.6. The molecule has 44 heavy (non-hydrogen) atoms. The average Bonchev–Trinajstić information content (AvgIpc) is 3.57. The molecule has 1 fully saturated rings. The van der Waals surface area contributed by atoms with Crippen molar-refractivity contribution in [3.05, 3.63) is 71.2 Å². The summed E-state index contributed by atoms with van der Waals surface area (Å²) in [4.78, 5) is 57.3. The second-order valence-electron chi connectivity index (χ2n) is 11.5. The first-order chi connectivity index (χ1) is 21.2. The van der Waals surface area contributed by atoms with Gasteiger partial charge in [0.1, 0.15) is 5.65 Å². The number of rotatable bonds is 15. The van der Waals surface area contributed by atoms with E-state index in [4.69, 9.17) is 10.6 Å². The van der Waals surface area contributed by atoms with Gasteiger partial charge >= 0.3 is 5.97 Å². The molecule has 1 atom stereocenters. The molecule has 0 radical (unpaired) electrons. The molecule has 1 aliphatic heterocycles. The van der Waals surface area contributed by atoms with Crippen LogP contribution in [-0.4, -0.2) is 38.1 Å². The van der Waals surface area contributed by atoms with Crippen LogP contribution in [0.4, 0.5) is 5.69 Å². The average molecular weight is 602 g/mol. The molecule has 0 bridgehead atoms. The number of aromatic nitrogens is 2. The van der Waals surface area contributed by atoms with E-state index in [0.29, 0.717) is 34.3 Å². The van der Waals surface area contributed by atoms with Gasteiger partial charge in [-0.05, 0) is 68.9 Å². The predicted molar refractivity (Wildman–Crippen MR) is 169 cm³/mol. The molecular formula is C34H43N5O5. The van der Waals surface area contributed by atoms with Crippen molar-refractivity contribution in [1.82, 2.24) is 14.4 Å². The number of hydrogen-bond acceptors (Lipinski definition) is 7. The number of unbranched alkanes of at least 4 members (excludes halogenated alkanes) is 5. The van der Waals surface area contributed by atoms with E-state index in [-0.39, 0.29) is 25.2 Å². The van der Waals surface area contributed by atoms with E-state index in [1.54, 1.807) is 6.07 Å². The second kappa shape index (κ2) is 15.3. The highest BCUT2D eigenvalue weighted by Crippen LogP contribution is 2.22. The van der Waals surface area contributed by atoms with Crippen molar-refractivity contribution in [2.24, 2.45) is 11.7 Å². The van der Waals surface area contributed by atoms with Crippen molar-refractivity contribution in [3.8, 4) is 0 Å². The molecule has 3 aromatic rings. The van der Waals surface area contributed by atoms with Crippen LogP contribution in [0.25, 0.3) is 11.3 Å². The number of imide groups is 1. The van der Waals surface area contributed by atoms with Crippen molar-refractivity contribution >= 4 is 40.7 Å². The summed E-state index contributed by atoms with van der Waals surface area (Å²) < 4.78 is 1.91. The fraction of sp³-hybridized carbons (Fsp3) is 0.441. The van der Waals surface area contributed by atoms with Gasteiger partial charge in [-0.15, -0.1) is 5.06 Å². The lowest BCUT2D eigenvalue weighted by Crippen LogP contribution is -2.31. The summed E-state index contributed by atoms with van der Waals surface area (Å²) in [7, 11) is 0. The molecule has 0 spiro atoms. The van der Waals surface area contributed by atoms with Crippen molar-refractivity contribution in [2.75, 3.05) is 5.32 Å². The normalized spacial score (nSPS) is 14.3. The summed E-state index contributed by atoms with van der Waals surface area (Å²) in [5, 5.41) is 3.57. The number of fused-ring (bicyclic) bond motifs is 1. The Morgan fingerprint density at radius 1 is 1.00 bits per heavy atom. The van der Waals surface area contributed by atoms with Crippen LogP contribution in [0.3, 0.4) is 0 Å². The number of hydrogen-bond donors (Lipinski definition) is 2. The maximum atomic E-state index is 13.0. The number of amides is 3. The number of hydroxylamine groups is 2. The first-order valence-electron chi connectivity index (χ1n) is 15.6. The number of anilines is 1. The van der Waals surface area contributed by atoms with Crippen LogP contribution in [0.15, 0.2) is 48.7 Å². The summed E-state index contributed by atoms with van der Waals surface area (Å²) >= 11 is 0. The smallest absolute Gasteiger partial charge is 0.333 e. The molecule has 3 N–H and O–H groups in total. The fourth-order valence-corrected chi connectivity index (χ4v) is 5.46. The fourth-order valence-electron chi connectivity index (χ4n) is 5.46. The molecule has 10 heteroatoms. The highest BCUT2D eigenvalue weighted by atomic mass is 16.7. The molecule has 2 aromatic heterocycles. The number of benzene rings is 1. The first kappa shape index (κ1) is 32.4. The Morgan fingerprint density at radius 3 is 2.34 bits per heavy atom. The number of allylic oxidation sites excluding steroid dienone is 1. The lowest BCUT2D eigenvalue weighted by molar-refractivity contribution is -0.197. The lowest BCUT2D eigenvalue weighted by atomic mass is 9.95. The van der Waals surface area contributed by atoms with E-state index in [0.717, 1.165) is 67.6 Å². The summed E-state index contributed by atoms with van der Waals surface area (Å²) in [6, 6.07) is 11.3. The molecule has 3 heterocycles. The van der Waals surface area contributed by atoms with Crippen LogP contribution in [0.2, 0.25) is 0 Å². The van der Waals surface area contributed by atoms with Gasteiger partial charge in [0.15, 0.2) is 0 Å². The Balaban J connectivity index is 1.16. The summed E-state index contributed by atoms with van der Waals surface area (Å²) in [5.74, 6) is -1.26. The van der Waals surface area contributed by atoms with E-state index in [9.17, 15) is 19.2 Å². The third kappa shape index (κ3) is 8.55. The number of nitrogens with zero attached hydrogens (tertiary/aromatic N) is 3. The molecule has 0 aliphatic carbocycles. The molecule has 3 amide bonds. The molecule has 234 valence electrons. The Hall–Kier alpha value is -4.47. The molecule has 1 saturated heterocycles. The quantitative estimate of drug-likeness (QED) is 0.155. The van der Waals surface area contributed by atoms with Gasteiger partial charge in [-0.3, -0.25) is 14.4 Å². The van der Waals surface area contributed by atoms with Gasteiger partial charge in [-0.25, -0.2) is 9.78 Å². The SMILES string of the molecule is CCC(/C=C(\N)c1ccc(NC(=O)c2ccn3c(C)cc(C)nc23)cc1)CCCCCCCCC(=O)ON1C(=O)CCC1=O. The molecule has 0 saturated carbocycles. The highest BCUT2D eigenvalue weighted by molar-refractivity contribution is 6.08.